The van der Waals surface area contributed by atoms with Gasteiger partial charge in [-0.3, -0.25) is 9.59 Å². The number of fused-ring (bicyclic) bond motifs is 1. The minimum atomic E-state index is -0.795. The number of rotatable bonds is 3. The van der Waals surface area contributed by atoms with Crippen molar-refractivity contribution in [1.82, 2.24) is 14.9 Å². The zero-order chi connectivity index (χ0) is 17.3. The number of aromatic amines is 1. The lowest BCUT2D eigenvalue weighted by Gasteiger charge is -2.29. The normalized spacial score (nSPS) is 14.9. The Bertz CT molecular complexity index is 840. The van der Waals surface area contributed by atoms with Gasteiger partial charge in [0.25, 0.3) is 11.5 Å². The lowest BCUT2D eigenvalue weighted by molar-refractivity contribution is -0.139. The number of nitrogens with one attached hydrogen (secondary N) is 1. The van der Waals surface area contributed by atoms with Gasteiger partial charge in [-0.15, -0.1) is 0 Å². The fraction of sp³-hybridized carbons (Fsp3) is 0.312. The number of amides is 1. The summed E-state index contributed by atoms with van der Waals surface area (Å²) in [6.07, 6.45) is 0.971. The van der Waals surface area contributed by atoms with Crippen molar-refractivity contribution in [1.29, 1.82) is 0 Å². The van der Waals surface area contributed by atoms with Gasteiger partial charge >= 0.3 is 0 Å². The largest absolute Gasteiger partial charge is 0.479 e. The van der Waals surface area contributed by atoms with Gasteiger partial charge in [-0.25, -0.2) is 9.37 Å². The van der Waals surface area contributed by atoms with Crippen molar-refractivity contribution in [3.63, 3.8) is 0 Å². The summed E-state index contributed by atoms with van der Waals surface area (Å²) in [4.78, 5) is 32.5. The number of aromatic nitrogens is 2. The van der Waals surface area contributed by atoms with Crippen molar-refractivity contribution in [3.8, 4) is 5.75 Å². The van der Waals surface area contributed by atoms with Crippen molar-refractivity contribution in [2.75, 3.05) is 6.54 Å². The van der Waals surface area contributed by atoms with Crippen molar-refractivity contribution >= 4 is 17.5 Å². The first-order valence-corrected chi connectivity index (χ1v) is 7.79. The van der Waals surface area contributed by atoms with E-state index in [0.717, 1.165) is 6.07 Å². The van der Waals surface area contributed by atoms with Gasteiger partial charge in [0.15, 0.2) is 6.10 Å². The van der Waals surface area contributed by atoms with E-state index in [1.165, 1.54) is 18.5 Å². The van der Waals surface area contributed by atoms with Crippen LogP contribution >= 0.6 is 11.6 Å². The summed E-state index contributed by atoms with van der Waals surface area (Å²) in [7, 11) is 0. The van der Waals surface area contributed by atoms with Crippen LogP contribution in [0.15, 0.2) is 29.3 Å². The van der Waals surface area contributed by atoms with Gasteiger partial charge in [0.2, 0.25) is 0 Å². The lowest BCUT2D eigenvalue weighted by Crippen LogP contribution is -2.44. The number of hydrogen-bond acceptors (Lipinski definition) is 4. The number of nitrogens with zero attached hydrogens (tertiary/aromatic N) is 2. The Morgan fingerprint density at radius 3 is 3.04 bits per heavy atom. The van der Waals surface area contributed by atoms with Crippen LogP contribution in [0, 0.1) is 5.82 Å². The molecule has 0 radical (unpaired) electrons. The number of ether oxygens (including phenoxy) is 1. The summed E-state index contributed by atoms with van der Waals surface area (Å²) < 4.78 is 18.6. The average Bonchev–Trinajstić information content (AvgIpc) is 2.56. The smallest absolute Gasteiger partial charge is 0.263 e. The monoisotopic (exact) mass is 351 g/mol. The molecule has 126 valence electrons. The SMILES string of the molecule is C[C@@H](Oc1ccc(F)cc1Cl)C(=O)N1CCc2c(nc[nH]c2=O)C1. The van der Waals surface area contributed by atoms with E-state index in [-0.39, 0.29) is 28.8 Å². The molecule has 0 saturated carbocycles. The van der Waals surface area contributed by atoms with Gasteiger partial charge in [-0.2, -0.15) is 0 Å². The molecule has 0 bridgehead atoms. The molecule has 2 aromatic rings. The lowest BCUT2D eigenvalue weighted by atomic mass is 10.1. The molecule has 1 aliphatic rings. The Morgan fingerprint density at radius 2 is 2.29 bits per heavy atom. The molecule has 1 atom stereocenters. The van der Waals surface area contributed by atoms with E-state index in [0.29, 0.717) is 24.2 Å². The highest BCUT2D eigenvalue weighted by molar-refractivity contribution is 6.32. The molecule has 1 amide bonds. The summed E-state index contributed by atoms with van der Waals surface area (Å²) in [5, 5.41) is 0.104. The maximum atomic E-state index is 13.1. The first-order valence-electron chi connectivity index (χ1n) is 7.41. The maximum absolute atomic E-state index is 13.1. The first kappa shape index (κ1) is 16.4. The zero-order valence-electron chi connectivity index (χ0n) is 12.9. The van der Waals surface area contributed by atoms with Crippen LogP contribution in [0.25, 0.3) is 0 Å². The van der Waals surface area contributed by atoms with E-state index in [1.54, 1.807) is 11.8 Å². The highest BCUT2D eigenvalue weighted by Gasteiger charge is 2.28. The van der Waals surface area contributed by atoms with Gasteiger partial charge < -0.3 is 14.6 Å². The molecule has 8 heteroatoms. The molecule has 1 aliphatic heterocycles. The van der Waals surface area contributed by atoms with Crippen molar-refractivity contribution < 1.29 is 13.9 Å². The van der Waals surface area contributed by atoms with Crippen molar-refractivity contribution in [3.05, 3.63) is 57.0 Å². The quantitative estimate of drug-likeness (QED) is 0.916. The Morgan fingerprint density at radius 1 is 1.50 bits per heavy atom. The zero-order valence-corrected chi connectivity index (χ0v) is 13.6. The summed E-state index contributed by atoms with van der Waals surface area (Å²) in [6.45, 7) is 2.26. The van der Waals surface area contributed by atoms with Crippen molar-refractivity contribution in [2.24, 2.45) is 0 Å². The summed E-state index contributed by atoms with van der Waals surface area (Å²) in [6, 6.07) is 3.72. The number of H-pyrrole nitrogens is 1. The molecular weight excluding hydrogens is 337 g/mol. The van der Waals surface area contributed by atoms with Crippen LogP contribution in [0.2, 0.25) is 5.02 Å². The molecule has 0 saturated heterocycles. The summed E-state index contributed by atoms with van der Waals surface area (Å²) in [5.41, 5.74) is 1.02. The molecule has 24 heavy (non-hydrogen) atoms. The maximum Gasteiger partial charge on any atom is 0.263 e. The van der Waals surface area contributed by atoms with Gasteiger partial charge in [-0.1, -0.05) is 11.6 Å². The minimum Gasteiger partial charge on any atom is -0.479 e. The third-order valence-electron chi connectivity index (χ3n) is 3.87. The number of benzene rings is 1. The number of halogens is 2. The Labute approximate surface area is 142 Å². The van der Waals surface area contributed by atoms with Crippen LogP contribution in [-0.4, -0.2) is 33.4 Å². The fourth-order valence-electron chi connectivity index (χ4n) is 2.62. The third kappa shape index (κ3) is 3.26. The van der Waals surface area contributed by atoms with Crippen LogP contribution in [0.3, 0.4) is 0 Å². The van der Waals surface area contributed by atoms with Crippen LogP contribution in [0.1, 0.15) is 18.2 Å². The van der Waals surface area contributed by atoms with E-state index >= 15 is 0 Å². The Kier molecular flexibility index (Phi) is 4.53. The molecule has 0 spiro atoms. The van der Waals surface area contributed by atoms with E-state index in [1.807, 2.05) is 0 Å². The van der Waals surface area contributed by atoms with E-state index in [9.17, 15) is 14.0 Å². The molecule has 1 aromatic heterocycles. The van der Waals surface area contributed by atoms with Gasteiger partial charge in [0.1, 0.15) is 11.6 Å². The standard InChI is InChI=1S/C16H15ClFN3O3/c1-9(24-14-3-2-10(18)6-12(14)17)16(23)21-5-4-11-13(7-21)19-8-20-15(11)22/h2-3,6,8-9H,4-5,7H2,1H3,(H,19,20,22)/t9-/m1/s1. The fourth-order valence-corrected chi connectivity index (χ4v) is 2.83. The van der Waals surface area contributed by atoms with Crippen LogP contribution < -0.4 is 10.3 Å². The molecule has 1 aromatic carbocycles. The van der Waals surface area contributed by atoms with Crippen LogP contribution in [0.4, 0.5) is 4.39 Å². The molecule has 3 rings (SSSR count). The predicted molar refractivity (Wildman–Crippen MR) is 85.5 cm³/mol. The molecule has 0 unspecified atom stereocenters. The molecule has 1 N–H and O–H groups in total. The predicted octanol–water partition coefficient (Wildman–Crippen LogP) is 1.91. The van der Waals surface area contributed by atoms with Crippen LogP contribution in [0.5, 0.6) is 5.75 Å². The second kappa shape index (κ2) is 6.60. The molecule has 2 heterocycles. The minimum absolute atomic E-state index is 0.104. The Balaban J connectivity index is 1.71. The van der Waals surface area contributed by atoms with E-state index in [2.05, 4.69) is 9.97 Å². The van der Waals surface area contributed by atoms with Gasteiger partial charge in [0, 0.05) is 12.1 Å². The highest BCUT2D eigenvalue weighted by atomic mass is 35.5. The van der Waals surface area contributed by atoms with Crippen LogP contribution in [-0.2, 0) is 17.8 Å². The molecule has 6 nitrogen and oxygen atoms in total. The topological polar surface area (TPSA) is 75.3 Å². The second-order valence-electron chi connectivity index (χ2n) is 5.50. The number of carbonyl (C=O) groups is 1. The average molecular weight is 352 g/mol. The summed E-state index contributed by atoms with van der Waals surface area (Å²) >= 11 is 5.91. The van der Waals surface area contributed by atoms with Gasteiger partial charge in [0.05, 0.1) is 23.6 Å². The van der Waals surface area contributed by atoms with E-state index in [4.69, 9.17) is 16.3 Å². The molecule has 0 fully saturated rings. The highest BCUT2D eigenvalue weighted by Crippen LogP contribution is 2.26. The Hall–Kier alpha value is -2.41. The van der Waals surface area contributed by atoms with E-state index < -0.39 is 11.9 Å². The number of carbonyl (C=O) groups excluding carboxylic acids is 1. The molecule has 0 aliphatic carbocycles. The number of hydrogen-bond donors (Lipinski definition) is 1. The summed E-state index contributed by atoms with van der Waals surface area (Å²) in [5.74, 6) is -0.482. The third-order valence-corrected chi connectivity index (χ3v) is 4.16. The molecular formula is C16H15ClFN3O3. The first-order chi connectivity index (χ1) is 11.5. The van der Waals surface area contributed by atoms with Crippen molar-refractivity contribution in [2.45, 2.75) is 26.0 Å². The second-order valence-corrected chi connectivity index (χ2v) is 5.91. The van der Waals surface area contributed by atoms with Gasteiger partial charge in [-0.05, 0) is 31.5 Å².